The zero-order chi connectivity index (χ0) is 23.5. The maximum absolute atomic E-state index is 13.1. The van der Waals surface area contributed by atoms with Crippen LogP contribution in [0.15, 0.2) is 59.4 Å². The fraction of sp³-hybridized carbons (Fsp3) is 0.407. The topological polar surface area (TPSA) is 79.7 Å². The van der Waals surface area contributed by atoms with Gasteiger partial charge in [0.25, 0.3) is 5.56 Å². The number of benzene rings is 2. The Morgan fingerprint density at radius 1 is 1.12 bits per heavy atom. The fourth-order valence-electron chi connectivity index (χ4n) is 5.29. The van der Waals surface area contributed by atoms with Crippen molar-refractivity contribution in [2.75, 3.05) is 0 Å². The molecule has 5 rings (SSSR count). The van der Waals surface area contributed by atoms with Gasteiger partial charge in [0.05, 0.1) is 12.6 Å². The molecular weight excluding hydrogens is 424 g/mol. The summed E-state index contributed by atoms with van der Waals surface area (Å²) in [5, 5.41) is 13.9. The van der Waals surface area contributed by atoms with E-state index in [1.807, 2.05) is 35.9 Å². The van der Waals surface area contributed by atoms with Crippen LogP contribution in [-0.2, 0) is 13.1 Å². The molecule has 0 amide bonds. The molecule has 0 bridgehead atoms. The molecule has 2 aromatic heterocycles. The number of rotatable bonds is 8. The number of aryl methyl sites for hydroxylation is 1. The standard InChI is InChI=1S/C27H32N6O/c1-3-25(26-29-30-31-33(26)17-20-9-5-4-6-10-20)32(23-11-7-8-12-23)18-22-16-21-14-13-19(2)15-24(21)28-27(22)34/h4-6,9-10,13-16,23,25H,3,7-8,11-12,17-18H2,1-2H3,(H,28,34). The summed E-state index contributed by atoms with van der Waals surface area (Å²) in [6.45, 7) is 5.44. The Kier molecular flexibility index (Phi) is 6.54. The van der Waals surface area contributed by atoms with E-state index in [-0.39, 0.29) is 11.6 Å². The molecule has 4 aromatic rings. The molecule has 1 N–H and O–H groups in total. The smallest absolute Gasteiger partial charge is 0.252 e. The summed E-state index contributed by atoms with van der Waals surface area (Å²) in [6, 6.07) is 19.0. The number of hydrogen-bond donors (Lipinski definition) is 1. The number of pyridine rings is 1. The average Bonchev–Trinajstić information content (AvgIpc) is 3.53. The fourth-order valence-corrected chi connectivity index (χ4v) is 5.29. The number of hydrogen-bond acceptors (Lipinski definition) is 5. The molecule has 1 atom stereocenters. The maximum Gasteiger partial charge on any atom is 0.252 e. The Morgan fingerprint density at radius 3 is 2.68 bits per heavy atom. The molecule has 1 unspecified atom stereocenters. The van der Waals surface area contributed by atoms with Gasteiger partial charge in [-0.15, -0.1) is 5.10 Å². The van der Waals surface area contributed by atoms with Crippen molar-refractivity contribution in [1.82, 2.24) is 30.1 Å². The van der Waals surface area contributed by atoms with Gasteiger partial charge < -0.3 is 4.98 Å². The van der Waals surface area contributed by atoms with Gasteiger partial charge in [-0.3, -0.25) is 9.69 Å². The van der Waals surface area contributed by atoms with Crippen molar-refractivity contribution in [3.8, 4) is 0 Å². The minimum Gasteiger partial charge on any atom is -0.322 e. The number of aromatic nitrogens is 5. The quantitative estimate of drug-likeness (QED) is 0.413. The first-order valence-electron chi connectivity index (χ1n) is 12.3. The highest BCUT2D eigenvalue weighted by atomic mass is 16.1. The lowest BCUT2D eigenvalue weighted by Crippen LogP contribution is -2.39. The molecule has 7 nitrogen and oxygen atoms in total. The Bertz CT molecular complexity index is 1310. The highest BCUT2D eigenvalue weighted by Crippen LogP contribution is 2.33. The molecular formula is C27H32N6O. The highest BCUT2D eigenvalue weighted by molar-refractivity contribution is 5.79. The van der Waals surface area contributed by atoms with Gasteiger partial charge in [0.2, 0.25) is 0 Å². The first-order valence-corrected chi connectivity index (χ1v) is 12.3. The minimum absolute atomic E-state index is 0.0140. The van der Waals surface area contributed by atoms with Gasteiger partial charge in [-0.2, -0.15) is 0 Å². The molecule has 1 saturated carbocycles. The molecule has 0 radical (unpaired) electrons. The number of tetrazole rings is 1. The molecule has 0 aliphatic heterocycles. The van der Waals surface area contributed by atoms with Crippen LogP contribution >= 0.6 is 0 Å². The molecule has 1 aliphatic rings. The second-order valence-corrected chi connectivity index (χ2v) is 9.43. The summed E-state index contributed by atoms with van der Waals surface area (Å²) in [4.78, 5) is 18.7. The van der Waals surface area contributed by atoms with E-state index < -0.39 is 0 Å². The van der Waals surface area contributed by atoms with Crippen LogP contribution in [0.25, 0.3) is 10.9 Å². The predicted octanol–water partition coefficient (Wildman–Crippen LogP) is 4.77. The van der Waals surface area contributed by atoms with Gasteiger partial charge in [0.1, 0.15) is 0 Å². The zero-order valence-corrected chi connectivity index (χ0v) is 19.9. The van der Waals surface area contributed by atoms with Gasteiger partial charge in [0.15, 0.2) is 5.82 Å². The van der Waals surface area contributed by atoms with Crippen molar-refractivity contribution in [1.29, 1.82) is 0 Å². The third-order valence-electron chi connectivity index (χ3n) is 7.04. The SMILES string of the molecule is CCC(c1nnnn1Cc1ccccc1)N(Cc1cc2ccc(C)cc2[nH]c1=O)C1CCCC1. The van der Waals surface area contributed by atoms with E-state index in [2.05, 4.69) is 62.7 Å². The number of nitrogens with zero attached hydrogens (tertiary/aromatic N) is 5. The van der Waals surface area contributed by atoms with Crippen molar-refractivity contribution in [3.63, 3.8) is 0 Å². The molecule has 1 aliphatic carbocycles. The number of fused-ring (bicyclic) bond motifs is 1. The van der Waals surface area contributed by atoms with Crippen molar-refractivity contribution < 1.29 is 0 Å². The lowest BCUT2D eigenvalue weighted by atomic mass is 10.0. The molecule has 176 valence electrons. The van der Waals surface area contributed by atoms with Crippen LogP contribution in [0.1, 0.15) is 67.6 Å². The van der Waals surface area contributed by atoms with Crippen LogP contribution in [0.5, 0.6) is 0 Å². The largest absolute Gasteiger partial charge is 0.322 e. The number of aromatic amines is 1. The van der Waals surface area contributed by atoms with Gasteiger partial charge >= 0.3 is 0 Å². The molecule has 2 heterocycles. The highest BCUT2D eigenvalue weighted by Gasteiger charge is 2.32. The first kappa shape index (κ1) is 22.5. The average molecular weight is 457 g/mol. The predicted molar refractivity (Wildman–Crippen MR) is 133 cm³/mol. The minimum atomic E-state index is -0.0140. The van der Waals surface area contributed by atoms with Gasteiger partial charge in [-0.25, -0.2) is 4.68 Å². The van der Waals surface area contributed by atoms with Crippen LogP contribution < -0.4 is 5.56 Å². The van der Waals surface area contributed by atoms with Crippen molar-refractivity contribution in [3.05, 3.63) is 87.5 Å². The summed E-state index contributed by atoms with van der Waals surface area (Å²) >= 11 is 0. The van der Waals surface area contributed by atoms with E-state index >= 15 is 0 Å². The Hall–Kier alpha value is -3.32. The Morgan fingerprint density at radius 2 is 1.91 bits per heavy atom. The third kappa shape index (κ3) is 4.66. The zero-order valence-electron chi connectivity index (χ0n) is 19.9. The van der Waals surface area contributed by atoms with E-state index in [1.165, 1.54) is 18.4 Å². The van der Waals surface area contributed by atoms with Gasteiger partial charge in [-0.1, -0.05) is 62.2 Å². The monoisotopic (exact) mass is 456 g/mol. The van der Waals surface area contributed by atoms with Crippen LogP contribution in [-0.4, -0.2) is 36.1 Å². The molecule has 0 spiro atoms. The normalized spacial score (nSPS) is 15.4. The van der Waals surface area contributed by atoms with Crippen LogP contribution in [0.4, 0.5) is 0 Å². The van der Waals surface area contributed by atoms with E-state index in [9.17, 15) is 4.79 Å². The third-order valence-corrected chi connectivity index (χ3v) is 7.04. The summed E-state index contributed by atoms with van der Waals surface area (Å²) in [6.07, 6.45) is 5.60. The first-order chi connectivity index (χ1) is 16.6. The van der Waals surface area contributed by atoms with Crippen LogP contribution in [0.3, 0.4) is 0 Å². The second kappa shape index (κ2) is 9.89. The van der Waals surface area contributed by atoms with Crippen LogP contribution in [0.2, 0.25) is 0 Å². The van der Waals surface area contributed by atoms with Gasteiger partial charge in [0, 0.05) is 23.7 Å². The summed E-state index contributed by atoms with van der Waals surface area (Å²) in [5.41, 5.74) is 3.97. The van der Waals surface area contributed by atoms with E-state index in [1.54, 1.807) is 0 Å². The van der Waals surface area contributed by atoms with E-state index in [0.717, 1.165) is 47.1 Å². The van der Waals surface area contributed by atoms with Crippen molar-refractivity contribution in [2.24, 2.45) is 0 Å². The Balaban J connectivity index is 1.49. The molecule has 34 heavy (non-hydrogen) atoms. The van der Waals surface area contributed by atoms with Crippen molar-refractivity contribution in [2.45, 2.75) is 71.1 Å². The maximum atomic E-state index is 13.1. The number of H-pyrrole nitrogens is 1. The summed E-state index contributed by atoms with van der Waals surface area (Å²) in [5.74, 6) is 0.867. The molecule has 2 aromatic carbocycles. The van der Waals surface area contributed by atoms with E-state index in [0.29, 0.717) is 19.1 Å². The Labute approximate surface area is 199 Å². The molecule has 0 saturated heterocycles. The van der Waals surface area contributed by atoms with Crippen molar-refractivity contribution >= 4 is 10.9 Å². The van der Waals surface area contributed by atoms with Crippen LogP contribution in [0, 0.1) is 6.92 Å². The van der Waals surface area contributed by atoms with Gasteiger partial charge in [-0.05, 0) is 65.3 Å². The second-order valence-electron chi connectivity index (χ2n) is 9.43. The lowest BCUT2D eigenvalue weighted by molar-refractivity contribution is 0.112. The summed E-state index contributed by atoms with van der Waals surface area (Å²) in [7, 11) is 0. The van der Waals surface area contributed by atoms with E-state index in [4.69, 9.17) is 0 Å². The molecule has 7 heteroatoms. The molecule has 1 fully saturated rings. The lowest BCUT2D eigenvalue weighted by Gasteiger charge is -2.35. The number of nitrogens with one attached hydrogen (secondary N) is 1. The summed E-state index contributed by atoms with van der Waals surface area (Å²) < 4.78 is 1.92.